The Morgan fingerprint density at radius 2 is 1.71 bits per heavy atom. The zero-order valence-electron chi connectivity index (χ0n) is 10.4. The topological polar surface area (TPSA) is 29.1 Å². The fourth-order valence-corrected chi connectivity index (χ4v) is 2.11. The third-order valence-corrected chi connectivity index (χ3v) is 3.13. The number of fused-ring (bicyclic) bond motifs is 1. The van der Waals surface area contributed by atoms with Crippen LogP contribution in [0.3, 0.4) is 0 Å². The number of hydrogen-bond donors (Lipinski definition) is 1. The predicted octanol–water partition coefficient (Wildman–Crippen LogP) is 3.74. The molecule has 2 nitrogen and oxygen atoms in total. The molecule has 2 aromatic rings. The molecule has 0 saturated carbocycles. The van der Waals surface area contributed by atoms with Gasteiger partial charge in [-0.1, -0.05) is 0 Å². The summed E-state index contributed by atoms with van der Waals surface area (Å²) in [7, 11) is 0. The van der Waals surface area contributed by atoms with Gasteiger partial charge in [0.1, 0.15) is 5.82 Å². The first kappa shape index (κ1) is 13.4. The molecule has 1 aliphatic heterocycles. The van der Waals surface area contributed by atoms with Gasteiger partial charge in [-0.2, -0.15) is 0 Å². The maximum Gasteiger partial charge on any atom is 0.256 e. The van der Waals surface area contributed by atoms with Gasteiger partial charge in [0.25, 0.3) is 5.91 Å². The molecule has 6 heteroatoms. The molecule has 0 spiro atoms. The van der Waals surface area contributed by atoms with E-state index in [-0.39, 0.29) is 16.7 Å². The molecule has 0 aromatic heterocycles. The molecule has 0 saturated heterocycles. The second kappa shape index (κ2) is 4.73. The summed E-state index contributed by atoms with van der Waals surface area (Å²) >= 11 is 0. The summed E-state index contributed by atoms with van der Waals surface area (Å²) in [5, 5.41) is 2.48. The molecule has 2 aromatic carbocycles. The Balaban J connectivity index is 2.15. The van der Waals surface area contributed by atoms with Crippen molar-refractivity contribution in [3.05, 3.63) is 64.7 Å². The summed E-state index contributed by atoms with van der Waals surface area (Å²) in [5.41, 5.74) is 0.297. The van der Waals surface area contributed by atoms with Crippen molar-refractivity contribution in [1.82, 2.24) is 0 Å². The SMILES string of the molecule is O=C1Nc2ccc(F)cc2/C1=C\c1ccc(F)c(F)c1F. The maximum absolute atomic E-state index is 13.6. The highest BCUT2D eigenvalue weighted by Gasteiger charge is 2.25. The molecule has 106 valence electrons. The van der Waals surface area contributed by atoms with E-state index < -0.39 is 29.2 Å². The van der Waals surface area contributed by atoms with Gasteiger partial charge in [0, 0.05) is 22.4 Å². The lowest BCUT2D eigenvalue weighted by Crippen LogP contribution is -2.04. The predicted molar refractivity (Wildman–Crippen MR) is 69.2 cm³/mol. The molecule has 21 heavy (non-hydrogen) atoms. The number of rotatable bonds is 1. The van der Waals surface area contributed by atoms with Crippen LogP contribution in [-0.2, 0) is 4.79 Å². The molecule has 0 radical (unpaired) electrons. The van der Waals surface area contributed by atoms with Gasteiger partial charge < -0.3 is 5.32 Å². The van der Waals surface area contributed by atoms with Crippen LogP contribution in [0, 0.1) is 23.3 Å². The van der Waals surface area contributed by atoms with Crippen LogP contribution in [0.4, 0.5) is 23.2 Å². The Labute approximate surface area is 116 Å². The van der Waals surface area contributed by atoms with Crippen LogP contribution in [0.15, 0.2) is 30.3 Å². The summed E-state index contributed by atoms with van der Waals surface area (Å²) in [4.78, 5) is 11.8. The highest BCUT2D eigenvalue weighted by molar-refractivity contribution is 6.34. The minimum atomic E-state index is -1.62. The van der Waals surface area contributed by atoms with Crippen LogP contribution >= 0.6 is 0 Å². The molecule has 0 fully saturated rings. The Bertz CT molecular complexity index is 799. The van der Waals surface area contributed by atoms with Crippen molar-refractivity contribution < 1.29 is 22.4 Å². The van der Waals surface area contributed by atoms with Crippen LogP contribution < -0.4 is 5.32 Å². The van der Waals surface area contributed by atoms with Gasteiger partial charge in [-0.3, -0.25) is 4.79 Å². The number of benzene rings is 2. The maximum atomic E-state index is 13.6. The van der Waals surface area contributed by atoms with E-state index in [0.29, 0.717) is 5.69 Å². The minimum absolute atomic E-state index is 0.0191. The standard InChI is InChI=1S/C15H7F4NO/c16-8-2-4-12-9(6-8)10(15(21)20-12)5-7-1-3-11(17)14(19)13(7)18/h1-6H,(H,20,21)/b10-5+. The Morgan fingerprint density at radius 1 is 0.952 bits per heavy atom. The highest BCUT2D eigenvalue weighted by Crippen LogP contribution is 2.34. The first-order valence-electron chi connectivity index (χ1n) is 5.94. The van der Waals surface area contributed by atoms with Gasteiger partial charge in [-0.25, -0.2) is 17.6 Å². The van der Waals surface area contributed by atoms with Crippen molar-refractivity contribution in [2.75, 3.05) is 5.32 Å². The Hall–Kier alpha value is -2.63. The van der Waals surface area contributed by atoms with Crippen molar-refractivity contribution in [3.8, 4) is 0 Å². The van der Waals surface area contributed by atoms with Crippen molar-refractivity contribution >= 4 is 23.2 Å². The second-order valence-electron chi connectivity index (χ2n) is 4.47. The van der Waals surface area contributed by atoms with E-state index in [9.17, 15) is 22.4 Å². The van der Waals surface area contributed by atoms with E-state index in [1.165, 1.54) is 12.1 Å². The average Bonchev–Trinajstić information content (AvgIpc) is 2.75. The quantitative estimate of drug-likeness (QED) is 0.484. The lowest BCUT2D eigenvalue weighted by atomic mass is 10.0. The summed E-state index contributed by atoms with van der Waals surface area (Å²) in [6.45, 7) is 0. The zero-order valence-corrected chi connectivity index (χ0v) is 10.4. The summed E-state index contributed by atoms with van der Waals surface area (Å²) in [6, 6.07) is 5.40. The molecular weight excluding hydrogens is 286 g/mol. The van der Waals surface area contributed by atoms with E-state index in [0.717, 1.165) is 24.3 Å². The van der Waals surface area contributed by atoms with Crippen LogP contribution in [0.1, 0.15) is 11.1 Å². The van der Waals surface area contributed by atoms with Gasteiger partial charge in [0.05, 0.1) is 0 Å². The lowest BCUT2D eigenvalue weighted by molar-refractivity contribution is -0.110. The second-order valence-corrected chi connectivity index (χ2v) is 4.47. The van der Waals surface area contributed by atoms with Crippen molar-refractivity contribution in [2.24, 2.45) is 0 Å². The third kappa shape index (κ3) is 2.18. The van der Waals surface area contributed by atoms with Gasteiger partial charge in [-0.15, -0.1) is 0 Å². The van der Waals surface area contributed by atoms with E-state index >= 15 is 0 Å². The number of nitrogens with one attached hydrogen (secondary N) is 1. The monoisotopic (exact) mass is 293 g/mol. The average molecular weight is 293 g/mol. The van der Waals surface area contributed by atoms with Gasteiger partial charge >= 0.3 is 0 Å². The lowest BCUT2D eigenvalue weighted by Gasteiger charge is -2.02. The minimum Gasteiger partial charge on any atom is -0.321 e. The van der Waals surface area contributed by atoms with E-state index in [1.54, 1.807) is 0 Å². The van der Waals surface area contributed by atoms with E-state index in [4.69, 9.17) is 0 Å². The van der Waals surface area contributed by atoms with Crippen LogP contribution in [0.25, 0.3) is 11.6 Å². The zero-order chi connectivity index (χ0) is 15.1. The summed E-state index contributed by atoms with van der Waals surface area (Å²) in [6.07, 6.45) is 1.05. The molecule has 0 unspecified atom stereocenters. The van der Waals surface area contributed by atoms with Gasteiger partial charge in [-0.05, 0) is 36.4 Å². The smallest absolute Gasteiger partial charge is 0.256 e. The van der Waals surface area contributed by atoms with E-state index in [1.807, 2.05) is 0 Å². The molecular formula is C15H7F4NO. The summed E-state index contributed by atoms with van der Waals surface area (Å²) < 4.78 is 52.9. The van der Waals surface area contributed by atoms with Gasteiger partial charge in [0.15, 0.2) is 17.5 Å². The van der Waals surface area contributed by atoms with Crippen LogP contribution in [0.2, 0.25) is 0 Å². The van der Waals surface area contributed by atoms with Crippen molar-refractivity contribution in [1.29, 1.82) is 0 Å². The van der Waals surface area contributed by atoms with E-state index in [2.05, 4.69) is 5.32 Å². The first-order valence-corrected chi connectivity index (χ1v) is 5.94. The number of amides is 1. The van der Waals surface area contributed by atoms with Gasteiger partial charge in [0.2, 0.25) is 0 Å². The van der Waals surface area contributed by atoms with Crippen molar-refractivity contribution in [3.63, 3.8) is 0 Å². The molecule has 1 N–H and O–H groups in total. The Morgan fingerprint density at radius 3 is 2.48 bits per heavy atom. The van der Waals surface area contributed by atoms with Crippen LogP contribution in [0.5, 0.6) is 0 Å². The number of carbonyl (C=O) groups excluding carboxylic acids is 1. The molecule has 0 atom stereocenters. The molecule has 0 aliphatic carbocycles. The Kier molecular flexibility index (Phi) is 3.01. The summed E-state index contributed by atoms with van der Waals surface area (Å²) in [5.74, 6) is -5.49. The molecule has 1 amide bonds. The molecule has 1 heterocycles. The number of carbonyl (C=O) groups is 1. The third-order valence-electron chi connectivity index (χ3n) is 3.13. The normalized spacial score (nSPS) is 15.2. The number of hydrogen-bond acceptors (Lipinski definition) is 1. The number of anilines is 1. The number of halogens is 4. The fraction of sp³-hybridized carbons (Fsp3) is 0. The highest BCUT2D eigenvalue weighted by atomic mass is 19.2. The first-order chi connectivity index (χ1) is 9.97. The van der Waals surface area contributed by atoms with Crippen molar-refractivity contribution in [2.45, 2.75) is 0 Å². The fourth-order valence-electron chi connectivity index (χ4n) is 2.11. The van der Waals surface area contributed by atoms with Crippen LogP contribution in [-0.4, -0.2) is 5.91 Å². The largest absolute Gasteiger partial charge is 0.321 e. The molecule has 0 bridgehead atoms. The molecule has 3 rings (SSSR count). The molecule has 1 aliphatic rings.